The van der Waals surface area contributed by atoms with Crippen molar-refractivity contribution < 1.29 is 0 Å². The number of benzene rings is 1. The molecule has 0 saturated carbocycles. The highest BCUT2D eigenvalue weighted by molar-refractivity contribution is 5.83. The number of pyridine rings is 1. The molecular weight excluding hydrogens is 260 g/mol. The lowest BCUT2D eigenvalue weighted by atomic mass is 10.1. The zero-order chi connectivity index (χ0) is 14.7. The highest BCUT2D eigenvalue weighted by Gasteiger charge is 2.07. The average molecular weight is 280 g/mol. The van der Waals surface area contributed by atoms with E-state index in [4.69, 9.17) is 4.98 Å². The largest absolute Gasteiger partial charge is 0.312 e. The molecule has 0 aliphatic heterocycles. The summed E-state index contributed by atoms with van der Waals surface area (Å²) in [4.78, 5) is 4.69. The zero-order valence-electron chi connectivity index (χ0n) is 12.5. The Morgan fingerprint density at radius 2 is 2.05 bits per heavy atom. The Morgan fingerprint density at radius 3 is 2.81 bits per heavy atom. The Kier molecular flexibility index (Phi) is 3.97. The lowest BCUT2D eigenvalue weighted by Gasteiger charge is -2.12. The molecule has 3 aromatic rings. The van der Waals surface area contributed by atoms with Crippen LogP contribution in [0.2, 0.25) is 0 Å². The maximum absolute atomic E-state index is 4.69. The fraction of sp³-hybridized carbons (Fsp3) is 0.294. The van der Waals surface area contributed by atoms with Crippen LogP contribution in [0.25, 0.3) is 16.7 Å². The molecule has 0 unspecified atom stereocenters. The van der Waals surface area contributed by atoms with Gasteiger partial charge in [0.2, 0.25) is 0 Å². The van der Waals surface area contributed by atoms with E-state index in [1.807, 2.05) is 24.4 Å². The number of hydrogen-bond acceptors (Lipinski definition) is 3. The van der Waals surface area contributed by atoms with Crippen LogP contribution >= 0.6 is 0 Å². The summed E-state index contributed by atoms with van der Waals surface area (Å²) in [6.07, 6.45) is 3.69. The van der Waals surface area contributed by atoms with E-state index in [1.54, 1.807) is 10.9 Å². The monoisotopic (exact) mass is 280 g/mol. The summed E-state index contributed by atoms with van der Waals surface area (Å²) in [5.74, 6) is 1.50. The van der Waals surface area contributed by atoms with Crippen molar-refractivity contribution in [2.75, 3.05) is 6.54 Å². The van der Waals surface area contributed by atoms with Crippen LogP contribution in [0.4, 0.5) is 0 Å². The molecule has 4 heteroatoms. The van der Waals surface area contributed by atoms with Gasteiger partial charge in [-0.2, -0.15) is 5.10 Å². The molecule has 1 N–H and O–H groups in total. The molecule has 0 aliphatic carbocycles. The topological polar surface area (TPSA) is 42.7 Å². The third-order valence-corrected chi connectivity index (χ3v) is 3.40. The number of hydrogen-bond donors (Lipinski definition) is 1. The van der Waals surface area contributed by atoms with E-state index in [9.17, 15) is 0 Å². The Hall–Kier alpha value is -2.20. The first-order valence-corrected chi connectivity index (χ1v) is 7.33. The molecule has 3 rings (SSSR count). The predicted octanol–water partition coefficient (Wildman–Crippen LogP) is 3.17. The molecule has 0 aliphatic rings. The number of aromatic nitrogens is 3. The molecule has 4 nitrogen and oxygen atoms in total. The van der Waals surface area contributed by atoms with Gasteiger partial charge in [-0.15, -0.1) is 0 Å². The number of rotatable bonds is 5. The molecule has 0 atom stereocenters. The molecule has 0 spiro atoms. The first-order chi connectivity index (χ1) is 10.2. The van der Waals surface area contributed by atoms with Gasteiger partial charge in [-0.25, -0.2) is 9.67 Å². The standard InChI is InChI=1S/C17H20N4/c1-13(2)11-18-12-14-10-17(21-9-5-8-19-21)20-16-7-4-3-6-15(14)16/h3-10,13,18H,11-12H2,1-2H3. The molecule has 21 heavy (non-hydrogen) atoms. The van der Waals surface area contributed by atoms with Gasteiger partial charge in [-0.1, -0.05) is 32.0 Å². The molecule has 0 radical (unpaired) electrons. The van der Waals surface area contributed by atoms with Crippen LogP contribution in [0, 0.1) is 5.92 Å². The molecule has 2 aromatic heterocycles. The summed E-state index contributed by atoms with van der Waals surface area (Å²) in [5, 5.41) is 8.98. The minimum Gasteiger partial charge on any atom is -0.312 e. The summed E-state index contributed by atoms with van der Waals surface area (Å²) in [5.41, 5.74) is 2.26. The second-order valence-corrected chi connectivity index (χ2v) is 5.63. The van der Waals surface area contributed by atoms with Crippen molar-refractivity contribution in [2.45, 2.75) is 20.4 Å². The molecule has 2 heterocycles. The van der Waals surface area contributed by atoms with Crippen molar-refractivity contribution >= 4 is 10.9 Å². The molecule has 1 aromatic carbocycles. The van der Waals surface area contributed by atoms with Crippen molar-refractivity contribution in [2.24, 2.45) is 5.92 Å². The summed E-state index contributed by atoms with van der Waals surface area (Å²) < 4.78 is 1.80. The summed E-state index contributed by atoms with van der Waals surface area (Å²) in [6, 6.07) is 12.3. The number of fused-ring (bicyclic) bond motifs is 1. The fourth-order valence-electron chi connectivity index (χ4n) is 2.40. The van der Waals surface area contributed by atoms with Crippen molar-refractivity contribution in [3.8, 4) is 5.82 Å². The van der Waals surface area contributed by atoms with E-state index in [-0.39, 0.29) is 0 Å². The van der Waals surface area contributed by atoms with Crippen molar-refractivity contribution in [1.29, 1.82) is 0 Å². The SMILES string of the molecule is CC(C)CNCc1cc(-n2cccn2)nc2ccccc12. The molecular formula is C17H20N4. The average Bonchev–Trinajstić information content (AvgIpc) is 3.01. The van der Waals surface area contributed by atoms with Crippen molar-refractivity contribution in [3.63, 3.8) is 0 Å². The predicted molar refractivity (Wildman–Crippen MR) is 85.4 cm³/mol. The minimum absolute atomic E-state index is 0.642. The molecule has 0 saturated heterocycles. The van der Waals surface area contributed by atoms with Gasteiger partial charge in [0.1, 0.15) is 0 Å². The summed E-state index contributed by atoms with van der Waals surface area (Å²) >= 11 is 0. The lowest BCUT2D eigenvalue weighted by Crippen LogP contribution is -2.19. The third-order valence-electron chi connectivity index (χ3n) is 3.40. The van der Waals surface area contributed by atoms with Gasteiger partial charge in [-0.3, -0.25) is 0 Å². The van der Waals surface area contributed by atoms with Gasteiger partial charge >= 0.3 is 0 Å². The van der Waals surface area contributed by atoms with E-state index in [1.165, 1.54) is 10.9 Å². The number of para-hydroxylation sites is 1. The first-order valence-electron chi connectivity index (χ1n) is 7.33. The van der Waals surface area contributed by atoms with Gasteiger partial charge in [0, 0.05) is 24.3 Å². The van der Waals surface area contributed by atoms with Crippen LogP contribution < -0.4 is 5.32 Å². The highest BCUT2D eigenvalue weighted by atomic mass is 15.3. The van der Waals surface area contributed by atoms with Gasteiger partial charge in [0.25, 0.3) is 0 Å². The van der Waals surface area contributed by atoms with Crippen LogP contribution in [0.1, 0.15) is 19.4 Å². The minimum atomic E-state index is 0.642. The smallest absolute Gasteiger partial charge is 0.154 e. The van der Waals surface area contributed by atoms with Crippen LogP contribution in [0.15, 0.2) is 48.8 Å². The summed E-state index contributed by atoms with van der Waals surface area (Å²) in [7, 11) is 0. The molecule has 0 amide bonds. The third kappa shape index (κ3) is 3.11. The Morgan fingerprint density at radius 1 is 1.19 bits per heavy atom. The van der Waals surface area contributed by atoms with E-state index in [2.05, 4.69) is 42.5 Å². The van der Waals surface area contributed by atoms with Crippen molar-refractivity contribution in [3.05, 3.63) is 54.4 Å². The van der Waals surface area contributed by atoms with Gasteiger partial charge in [-0.05, 0) is 36.2 Å². The molecule has 0 bridgehead atoms. The maximum Gasteiger partial charge on any atom is 0.154 e. The second-order valence-electron chi connectivity index (χ2n) is 5.63. The maximum atomic E-state index is 4.69. The van der Waals surface area contributed by atoms with E-state index >= 15 is 0 Å². The zero-order valence-corrected chi connectivity index (χ0v) is 12.5. The summed E-state index contributed by atoms with van der Waals surface area (Å²) in [6.45, 7) is 6.28. The van der Waals surface area contributed by atoms with E-state index < -0.39 is 0 Å². The van der Waals surface area contributed by atoms with Crippen LogP contribution in [-0.2, 0) is 6.54 Å². The Bertz CT molecular complexity index is 717. The van der Waals surface area contributed by atoms with E-state index in [0.717, 1.165) is 24.4 Å². The first kappa shape index (κ1) is 13.8. The quantitative estimate of drug-likeness (QED) is 0.780. The van der Waals surface area contributed by atoms with Crippen LogP contribution in [0.3, 0.4) is 0 Å². The molecule has 0 fully saturated rings. The van der Waals surface area contributed by atoms with Gasteiger partial charge < -0.3 is 5.32 Å². The van der Waals surface area contributed by atoms with E-state index in [0.29, 0.717) is 5.92 Å². The number of nitrogens with zero attached hydrogens (tertiary/aromatic N) is 3. The Labute approximate surface area is 124 Å². The second kappa shape index (κ2) is 6.06. The fourth-order valence-corrected chi connectivity index (χ4v) is 2.40. The van der Waals surface area contributed by atoms with Crippen molar-refractivity contribution in [1.82, 2.24) is 20.1 Å². The Balaban J connectivity index is 1.99. The molecule has 108 valence electrons. The normalized spacial score (nSPS) is 11.4. The number of nitrogens with one attached hydrogen (secondary N) is 1. The highest BCUT2D eigenvalue weighted by Crippen LogP contribution is 2.20. The van der Waals surface area contributed by atoms with Crippen LogP contribution in [0.5, 0.6) is 0 Å². The lowest BCUT2D eigenvalue weighted by molar-refractivity contribution is 0.553. The van der Waals surface area contributed by atoms with Gasteiger partial charge in [0.15, 0.2) is 5.82 Å². The van der Waals surface area contributed by atoms with Crippen LogP contribution in [-0.4, -0.2) is 21.3 Å². The van der Waals surface area contributed by atoms with Gasteiger partial charge in [0.05, 0.1) is 5.52 Å².